The third-order valence-electron chi connectivity index (χ3n) is 7.14. The van der Waals surface area contributed by atoms with Crippen molar-refractivity contribution in [3.63, 3.8) is 0 Å². The molecule has 3 aromatic rings. The molecule has 32 heavy (non-hydrogen) atoms. The monoisotopic (exact) mass is 469 g/mol. The number of anilines is 1. The molecule has 1 unspecified atom stereocenters. The molecule has 0 aliphatic carbocycles. The summed E-state index contributed by atoms with van der Waals surface area (Å²) in [6, 6.07) is 11.3. The topological polar surface area (TPSA) is 44.3 Å². The number of likely N-dealkylation sites (tertiary alicyclic amines) is 1. The molecule has 2 aliphatic rings. The highest BCUT2D eigenvalue weighted by atomic mass is 35.5. The Bertz CT molecular complexity index is 1030. The minimum atomic E-state index is 0.342. The van der Waals surface area contributed by atoms with E-state index in [9.17, 15) is 0 Å². The van der Waals surface area contributed by atoms with Gasteiger partial charge in [-0.3, -0.25) is 0 Å². The fraction of sp³-hybridized carbons (Fsp3) is 0.520. The molecule has 2 aliphatic heterocycles. The summed E-state index contributed by atoms with van der Waals surface area (Å²) in [6.45, 7) is 5.55. The second kappa shape index (κ2) is 10.0. The zero-order valence-corrected chi connectivity index (χ0v) is 20.3. The van der Waals surface area contributed by atoms with Gasteiger partial charge in [0.25, 0.3) is 0 Å². The number of thiophene rings is 1. The molecule has 1 atom stereocenters. The van der Waals surface area contributed by atoms with Gasteiger partial charge in [0.2, 0.25) is 5.28 Å². The van der Waals surface area contributed by atoms with E-state index in [-0.39, 0.29) is 0 Å². The van der Waals surface area contributed by atoms with E-state index >= 15 is 0 Å². The summed E-state index contributed by atoms with van der Waals surface area (Å²) in [7, 11) is 2.26. The molecule has 1 aromatic carbocycles. The van der Waals surface area contributed by atoms with Crippen LogP contribution in [0.5, 0.6) is 0 Å². The van der Waals surface area contributed by atoms with Crippen molar-refractivity contribution in [3.8, 4) is 11.1 Å². The molecular formula is C25H32ClN5S. The number of benzene rings is 1. The van der Waals surface area contributed by atoms with Crippen LogP contribution < -0.4 is 10.2 Å². The van der Waals surface area contributed by atoms with Gasteiger partial charge in [-0.15, -0.1) is 11.3 Å². The van der Waals surface area contributed by atoms with Crippen molar-refractivity contribution >= 4 is 39.0 Å². The fourth-order valence-electron chi connectivity index (χ4n) is 5.22. The maximum atomic E-state index is 6.32. The molecule has 2 saturated heterocycles. The first-order valence-electron chi connectivity index (χ1n) is 11.8. The van der Waals surface area contributed by atoms with Gasteiger partial charge in [-0.25, -0.2) is 4.98 Å². The molecule has 7 heteroatoms. The van der Waals surface area contributed by atoms with Crippen LogP contribution in [0.3, 0.4) is 0 Å². The molecular weight excluding hydrogens is 438 g/mol. The van der Waals surface area contributed by atoms with Crippen LogP contribution in [0.2, 0.25) is 5.28 Å². The smallest absolute Gasteiger partial charge is 0.225 e. The summed E-state index contributed by atoms with van der Waals surface area (Å²) >= 11 is 7.97. The average molecular weight is 470 g/mol. The number of piperidine rings is 1. The summed E-state index contributed by atoms with van der Waals surface area (Å²) in [5.74, 6) is 1.73. The molecule has 170 valence electrons. The van der Waals surface area contributed by atoms with Crippen LogP contribution in [0, 0.1) is 5.92 Å². The molecule has 0 bridgehead atoms. The maximum absolute atomic E-state index is 6.32. The van der Waals surface area contributed by atoms with Gasteiger partial charge >= 0.3 is 0 Å². The molecule has 1 N–H and O–H groups in total. The third kappa shape index (κ3) is 4.79. The molecule has 0 amide bonds. The van der Waals surface area contributed by atoms with Crippen molar-refractivity contribution in [1.29, 1.82) is 0 Å². The van der Waals surface area contributed by atoms with Gasteiger partial charge in [-0.1, -0.05) is 30.3 Å². The number of rotatable bonds is 7. The predicted octanol–water partition coefficient (Wildman–Crippen LogP) is 5.30. The van der Waals surface area contributed by atoms with Crippen molar-refractivity contribution in [2.24, 2.45) is 5.92 Å². The first kappa shape index (κ1) is 22.1. The first-order valence-corrected chi connectivity index (χ1v) is 13.1. The summed E-state index contributed by atoms with van der Waals surface area (Å²) in [5.41, 5.74) is 2.41. The van der Waals surface area contributed by atoms with Crippen LogP contribution in [0.1, 0.15) is 32.1 Å². The van der Waals surface area contributed by atoms with E-state index < -0.39 is 0 Å². The van der Waals surface area contributed by atoms with Gasteiger partial charge in [-0.05, 0) is 81.9 Å². The largest absolute Gasteiger partial charge is 0.356 e. The van der Waals surface area contributed by atoms with Crippen molar-refractivity contribution < 1.29 is 0 Å². The molecule has 5 nitrogen and oxygen atoms in total. The Morgan fingerprint density at radius 2 is 1.91 bits per heavy atom. The van der Waals surface area contributed by atoms with E-state index in [0.717, 1.165) is 54.2 Å². The van der Waals surface area contributed by atoms with Crippen molar-refractivity contribution in [2.45, 2.75) is 38.1 Å². The highest BCUT2D eigenvalue weighted by molar-refractivity contribution is 7.17. The molecule has 2 fully saturated rings. The SMILES string of the molecule is CN1CCCC1CCNCC1CCN(c2nc(Cl)nc3scc(-c4ccccc4)c23)CC1. The van der Waals surface area contributed by atoms with E-state index in [0.29, 0.717) is 5.28 Å². The summed E-state index contributed by atoms with van der Waals surface area (Å²) < 4.78 is 0. The Morgan fingerprint density at radius 1 is 1.09 bits per heavy atom. The number of hydrogen-bond donors (Lipinski definition) is 1. The molecule has 0 saturated carbocycles. The lowest BCUT2D eigenvalue weighted by molar-refractivity contribution is 0.289. The van der Waals surface area contributed by atoms with E-state index in [4.69, 9.17) is 16.6 Å². The number of nitrogens with one attached hydrogen (secondary N) is 1. The van der Waals surface area contributed by atoms with Crippen molar-refractivity contribution in [1.82, 2.24) is 20.2 Å². The zero-order chi connectivity index (χ0) is 21.9. The Balaban J connectivity index is 1.22. The highest BCUT2D eigenvalue weighted by Crippen LogP contribution is 2.39. The fourth-order valence-corrected chi connectivity index (χ4v) is 6.38. The second-order valence-electron chi connectivity index (χ2n) is 9.21. The van der Waals surface area contributed by atoms with Crippen LogP contribution >= 0.6 is 22.9 Å². The lowest BCUT2D eigenvalue weighted by atomic mass is 9.96. The molecule has 5 rings (SSSR count). The lowest BCUT2D eigenvalue weighted by Gasteiger charge is -2.33. The molecule has 0 spiro atoms. The Hall–Kier alpha value is -1.73. The Kier molecular flexibility index (Phi) is 6.93. The van der Waals surface area contributed by atoms with E-state index in [1.807, 2.05) is 0 Å². The zero-order valence-electron chi connectivity index (χ0n) is 18.8. The van der Waals surface area contributed by atoms with E-state index in [1.54, 1.807) is 11.3 Å². The number of halogens is 1. The number of fused-ring (bicyclic) bond motifs is 1. The van der Waals surface area contributed by atoms with Crippen molar-refractivity contribution in [2.75, 3.05) is 44.7 Å². The quantitative estimate of drug-likeness (QED) is 0.375. The van der Waals surface area contributed by atoms with Crippen LogP contribution in [0.15, 0.2) is 35.7 Å². The first-order chi connectivity index (χ1) is 15.7. The van der Waals surface area contributed by atoms with Crippen molar-refractivity contribution in [3.05, 3.63) is 41.0 Å². The van der Waals surface area contributed by atoms with Crippen LogP contribution in [0.4, 0.5) is 5.82 Å². The average Bonchev–Trinajstić information content (AvgIpc) is 3.43. The number of hydrogen-bond acceptors (Lipinski definition) is 6. The van der Waals surface area contributed by atoms with Gasteiger partial charge in [0.05, 0.1) is 5.39 Å². The lowest BCUT2D eigenvalue weighted by Crippen LogP contribution is -2.38. The van der Waals surface area contributed by atoms with Gasteiger partial charge in [0.15, 0.2) is 0 Å². The van der Waals surface area contributed by atoms with Crippen LogP contribution in [-0.4, -0.2) is 60.7 Å². The van der Waals surface area contributed by atoms with E-state index in [1.165, 1.54) is 49.8 Å². The summed E-state index contributed by atoms with van der Waals surface area (Å²) in [4.78, 5) is 15.1. The minimum Gasteiger partial charge on any atom is -0.356 e. The van der Waals surface area contributed by atoms with Gasteiger partial charge in [0, 0.05) is 30.1 Å². The van der Waals surface area contributed by atoms with Crippen LogP contribution in [-0.2, 0) is 0 Å². The highest BCUT2D eigenvalue weighted by Gasteiger charge is 2.25. The maximum Gasteiger partial charge on any atom is 0.225 e. The normalized spacial score (nSPS) is 20.4. The van der Waals surface area contributed by atoms with Gasteiger partial charge in [-0.2, -0.15) is 4.98 Å². The Morgan fingerprint density at radius 3 is 2.66 bits per heavy atom. The number of aromatic nitrogens is 2. The standard InChI is InChI=1S/C25H32ClN5S/c1-30-13-5-8-20(30)9-12-27-16-18-10-14-31(15-11-18)23-22-21(19-6-3-2-4-7-19)17-32-24(22)29-25(26)28-23/h2-4,6-7,17-18,20,27H,5,8-16H2,1H3. The predicted molar refractivity (Wildman–Crippen MR) is 136 cm³/mol. The number of nitrogens with zero attached hydrogens (tertiary/aromatic N) is 4. The minimum absolute atomic E-state index is 0.342. The van der Waals surface area contributed by atoms with Gasteiger partial charge < -0.3 is 15.1 Å². The third-order valence-corrected chi connectivity index (χ3v) is 8.19. The summed E-state index contributed by atoms with van der Waals surface area (Å²) in [5, 5.41) is 7.40. The second-order valence-corrected chi connectivity index (χ2v) is 10.4. The van der Waals surface area contributed by atoms with Crippen LogP contribution in [0.25, 0.3) is 21.3 Å². The molecule has 0 radical (unpaired) electrons. The summed E-state index contributed by atoms with van der Waals surface area (Å²) in [6.07, 6.45) is 6.36. The van der Waals surface area contributed by atoms with Gasteiger partial charge in [0.1, 0.15) is 10.6 Å². The molecule has 4 heterocycles. The van der Waals surface area contributed by atoms with E-state index in [2.05, 4.69) is 62.9 Å². The molecule has 2 aromatic heterocycles. The Labute approximate surface area is 199 Å².